The summed E-state index contributed by atoms with van der Waals surface area (Å²) in [5, 5.41) is 3.80. The molecule has 0 radical (unpaired) electrons. The van der Waals surface area contributed by atoms with Gasteiger partial charge >= 0.3 is 0 Å². The molecule has 1 unspecified atom stereocenters. The van der Waals surface area contributed by atoms with Crippen molar-refractivity contribution in [3.8, 4) is 0 Å². The maximum atomic E-state index is 4.18. The Balaban J connectivity index is 2.65. The highest BCUT2D eigenvalue weighted by atomic mass is 32.2. The lowest BCUT2D eigenvalue weighted by Gasteiger charge is -2.00. The summed E-state index contributed by atoms with van der Waals surface area (Å²) in [7, 11) is 0. The van der Waals surface area contributed by atoms with Crippen molar-refractivity contribution >= 4 is 23.1 Å². The van der Waals surface area contributed by atoms with E-state index in [4.69, 9.17) is 0 Å². The Kier molecular flexibility index (Phi) is 2.54. The summed E-state index contributed by atoms with van der Waals surface area (Å²) < 4.78 is 0. The summed E-state index contributed by atoms with van der Waals surface area (Å²) in [6.45, 7) is 2.17. The van der Waals surface area contributed by atoms with Gasteiger partial charge in [-0.3, -0.25) is 0 Å². The van der Waals surface area contributed by atoms with Crippen molar-refractivity contribution in [1.82, 2.24) is 4.98 Å². The molecule has 1 aromatic rings. The first kappa shape index (κ1) is 7.09. The molecular weight excluding hydrogens is 150 g/mol. The van der Waals surface area contributed by atoms with Gasteiger partial charge in [0.05, 0.1) is 5.25 Å². The van der Waals surface area contributed by atoms with Crippen LogP contribution in [0.5, 0.6) is 0 Å². The van der Waals surface area contributed by atoms with Crippen LogP contribution in [0.15, 0.2) is 11.6 Å². The minimum absolute atomic E-state index is 0.560. The van der Waals surface area contributed by atoms with Crippen molar-refractivity contribution in [2.75, 3.05) is 6.26 Å². The fraction of sp³-hybridized carbons (Fsp3) is 0.500. The van der Waals surface area contributed by atoms with Crippen LogP contribution in [0.1, 0.15) is 17.2 Å². The van der Waals surface area contributed by atoms with Crippen molar-refractivity contribution in [1.29, 1.82) is 0 Å². The van der Waals surface area contributed by atoms with Crippen LogP contribution in [0.3, 0.4) is 0 Å². The Bertz CT molecular complexity index is 160. The minimum atomic E-state index is 0.560. The number of hydrogen-bond donors (Lipinski definition) is 0. The summed E-state index contributed by atoms with van der Waals surface area (Å²) in [5.74, 6) is 0. The molecule has 50 valence electrons. The summed E-state index contributed by atoms with van der Waals surface area (Å²) in [5.41, 5.74) is 0. The maximum absolute atomic E-state index is 4.18. The molecule has 0 bridgehead atoms. The van der Waals surface area contributed by atoms with Gasteiger partial charge in [0.1, 0.15) is 5.01 Å². The molecule has 0 saturated heterocycles. The second-order valence-electron chi connectivity index (χ2n) is 1.75. The fourth-order valence-electron chi connectivity index (χ4n) is 0.536. The van der Waals surface area contributed by atoms with Gasteiger partial charge in [-0.1, -0.05) is 0 Å². The van der Waals surface area contributed by atoms with Gasteiger partial charge in [0.25, 0.3) is 0 Å². The Morgan fingerprint density at radius 3 is 3.00 bits per heavy atom. The lowest BCUT2D eigenvalue weighted by atomic mass is 10.5. The molecule has 0 saturated carbocycles. The van der Waals surface area contributed by atoms with Crippen LogP contribution in [-0.2, 0) is 0 Å². The van der Waals surface area contributed by atoms with Crippen LogP contribution in [0.2, 0.25) is 0 Å². The molecule has 1 heterocycles. The molecule has 0 aliphatic carbocycles. The van der Waals surface area contributed by atoms with Crippen molar-refractivity contribution in [2.24, 2.45) is 0 Å². The first-order valence-corrected chi connectivity index (χ1v) is 4.93. The highest BCUT2D eigenvalue weighted by Gasteiger charge is 2.03. The van der Waals surface area contributed by atoms with Crippen molar-refractivity contribution < 1.29 is 0 Å². The Hall–Kier alpha value is -0.0200. The van der Waals surface area contributed by atoms with Crippen molar-refractivity contribution in [3.63, 3.8) is 0 Å². The molecule has 0 aliphatic rings. The van der Waals surface area contributed by atoms with E-state index >= 15 is 0 Å². The fourth-order valence-corrected chi connectivity index (χ4v) is 1.83. The van der Waals surface area contributed by atoms with Crippen molar-refractivity contribution in [2.45, 2.75) is 12.2 Å². The quantitative estimate of drug-likeness (QED) is 0.658. The molecule has 0 N–H and O–H groups in total. The predicted octanol–water partition coefficient (Wildman–Crippen LogP) is 2.57. The van der Waals surface area contributed by atoms with E-state index in [0.29, 0.717) is 5.25 Å². The van der Waals surface area contributed by atoms with Crippen LogP contribution in [0, 0.1) is 0 Å². The lowest BCUT2D eigenvalue weighted by molar-refractivity contribution is 1.06. The molecule has 0 aromatic carbocycles. The molecule has 9 heavy (non-hydrogen) atoms. The highest BCUT2D eigenvalue weighted by Crippen LogP contribution is 2.26. The average molecular weight is 159 g/mol. The molecule has 0 spiro atoms. The first-order valence-electron chi connectivity index (χ1n) is 2.76. The molecule has 3 heteroatoms. The third-order valence-corrected chi connectivity index (χ3v) is 3.19. The molecule has 1 atom stereocenters. The summed E-state index contributed by atoms with van der Waals surface area (Å²) in [6.07, 6.45) is 3.96. The summed E-state index contributed by atoms with van der Waals surface area (Å²) >= 11 is 3.55. The first-order chi connectivity index (χ1) is 4.34. The number of nitrogens with zero attached hydrogens (tertiary/aromatic N) is 1. The maximum Gasteiger partial charge on any atom is 0.105 e. The third-order valence-electron chi connectivity index (χ3n) is 1.15. The molecular formula is C6H9NS2. The van der Waals surface area contributed by atoms with Crippen molar-refractivity contribution in [3.05, 3.63) is 16.6 Å². The minimum Gasteiger partial charge on any atom is -0.249 e. The van der Waals surface area contributed by atoms with E-state index in [1.807, 2.05) is 23.3 Å². The van der Waals surface area contributed by atoms with Gasteiger partial charge in [-0.05, 0) is 13.2 Å². The van der Waals surface area contributed by atoms with E-state index in [1.54, 1.807) is 11.3 Å². The molecule has 1 nitrogen and oxygen atoms in total. The van der Waals surface area contributed by atoms with E-state index in [9.17, 15) is 0 Å². The van der Waals surface area contributed by atoms with E-state index in [1.165, 1.54) is 5.01 Å². The number of rotatable bonds is 2. The lowest BCUT2D eigenvalue weighted by Crippen LogP contribution is -1.82. The topological polar surface area (TPSA) is 12.9 Å². The Morgan fingerprint density at radius 1 is 1.78 bits per heavy atom. The highest BCUT2D eigenvalue weighted by molar-refractivity contribution is 7.98. The van der Waals surface area contributed by atoms with Crippen LogP contribution in [-0.4, -0.2) is 11.2 Å². The van der Waals surface area contributed by atoms with Crippen LogP contribution in [0.4, 0.5) is 0 Å². The molecule has 0 amide bonds. The van der Waals surface area contributed by atoms with Gasteiger partial charge in [0.2, 0.25) is 0 Å². The van der Waals surface area contributed by atoms with Crippen LogP contribution >= 0.6 is 23.1 Å². The normalized spacial score (nSPS) is 13.6. The molecule has 0 aliphatic heterocycles. The van der Waals surface area contributed by atoms with Crippen LogP contribution < -0.4 is 0 Å². The van der Waals surface area contributed by atoms with E-state index in [-0.39, 0.29) is 0 Å². The Labute approximate surface area is 63.5 Å². The molecule has 0 fully saturated rings. The number of aromatic nitrogens is 1. The smallest absolute Gasteiger partial charge is 0.105 e. The molecule has 1 rings (SSSR count). The largest absolute Gasteiger partial charge is 0.249 e. The zero-order valence-corrected chi connectivity index (χ0v) is 7.13. The summed E-state index contributed by atoms with van der Waals surface area (Å²) in [6, 6.07) is 0. The number of thiazole rings is 1. The standard InChI is InChI=1S/C6H9NS2/c1-5(8-2)6-7-3-4-9-6/h3-5H,1-2H3. The van der Waals surface area contributed by atoms with Gasteiger partial charge in [-0.15, -0.1) is 11.3 Å². The zero-order chi connectivity index (χ0) is 6.69. The third kappa shape index (κ3) is 1.69. The van der Waals surface area contributed by atoms with E-state index < -0.39 is 0 Å². The van der Waals surface area contributed by atoms with Gasteiger partial charge < -0.3 is 0 Å². The molecule has 1 aromatic heterocycles. The Morgan fingerprint density at radius 2 is 2.56 bits per heavy atom. The second-order valence-corrected chi connectivity index (χ2v) is 3.85. The van der Waals surface area contributed by atoms with E-state index in [0.717, 1.165) is 0 Å². The predicted molar refractivity (Wildman–Crippen MR) is 44.0 cm³/mol. The van der Waals surface area contributed by atoms with Crippen LogP contribution in [0.25, 0.3) is 0 Å². The van der Waals surface area contributed by atoms with Gasteiger partial charge in [-0.25, -0.2) is 4.98 Å². The zero-order valence-electron chi connectivity index (χ0n) is 5.50. The van der Waals surface area contributed by atoms with Gasteiger partial charge in [0, 0.05) is 11.6 Å². The number of hydrogen-bond acceptors (Lipinski definition) is 3. The van der Waals surface area contributed by atoms with E-state index in [2.05, 4.69) is 18.2 Å². The SMILES string of the molecule is CSC(C)c1nccs1. The van der Waals surface area contributed by atoms with Gasteiger partial charge in [-0.2, -0.15) is 11.8 Å². The second kappa shape index (κ2) is 3.22. The number of thioether (sulfide) groups is 1. The summed E-state index contributed by atoms with van der Waals surface area (Å²) in [4.78, 5) is 4.18. The average Bonchev–Trinajstić information content (AvgIpc) is 2.37. The monoisotopic (exact) mass is 159 g/mol. The van der Waals surface area contributed by atoms with Gasteiger partial charge in [0.15, 0.2) is 0 Å².